The van der Waals surface area contributed by atoms with Gasteiger partial charge < -0.3 is 10.2 Å². The Bertz CT molecular complexity index is 669. The molecule has 2 aromatic carbocycles. The quantitative estimate of drug-likeness (QED) is 0.792. The van der Waals surface area contributed by atoms with Crippen LogP contribution in [0.25, 0.3) is 0 Å². The van der Waals surface area contributed by atoms with E-state index in [1.807, 2.05) is 41.3 Å². The molecule has 22 heavy (non-hydrogen) atoms. The van der Waals surface area contributed by atoms with Crippen molar-refractivity contribution in [2.75, 3.05) is 11.9 Å². The molecule has 0 aromatic heterocycles. The number of anilines is 1. The molecule has 0 bridgehead atoms. The van der Waals surface area contributed by atoms with Crippen LogP contribution < -0.4 is 5.32 Å². The van der Waals surface area contributed by atoms with Crippen LogP contribution in [0.15, 0.2) is 53.0 Å². The zero-order valence-electron chi connectivity index (χ0n) is 12.6. The molecule has 3 rings (SSSR count). The van der Waals surface area contributed by atoms with Gasteiger partial charge in [-0.15, -0.1) is 0 Å². The molecule has 2 aromatic rings. The summed E-state index contributed by atoms with van der Waals surface area (Å²) in [6, 6.07) is 16.2. The van der Waals surface area contributed by atoms with Crippen LogP contribution in [0.3, 0.4) is 0 Å². The average molecular weight is 359 g/mol. The molecule has 0 aliphatic carbocycles. The molecule has 1 aliphatic rings. The minimum absolute atomic E-state index is 0.0203. The van der Waals surface area contributed by atoms with Crippen LogP contribution in [0.5, 0.6) is 0 Å². The van der Waals surface area contributed by atoms with Crippen molar-refractivity contribution >= 4 is 27.6 Å². The van der Waals surface area contributed by atoms with Crippen molar-refractivity contribution in [2.45, 2.75) is 25.8 Å². The molecule has 2 amide bonds. The molecule has 1 atom stereocenters. The van der Waals surface area contributed by atoms with Gasteiger partial charge >= 0.3 is 6.03 Å². The summed E-state index contributed by atoms with van der Waals surface area (Å²) in [5, 5.41) is 3.00. The molecule has 1 aliphatic heterocycles. The number of carbonyl (C=O) groups excluding carboxylic acids is 1. The highest BCUT2D eigenvalue weighted by atomic mass is 79.9. The average Bonchev–Trinajstić information content (AvgIpc) is 2.99. The summed E-state index contributed by atoms with van der Waals surface area (Å²) in [7, 11) is 0. The standard InChI is InChI=1S/C18H19BrN2O/c1-13-5-2-3-6-16(13)17-7-4-12-21(17)18(22)20-15-10-8-14(19)9-11-15/h2-3,5-6,8-11,17H,4,7,12H2,1H3,(H,20,22)/t17-/m0/s1. The van der Waals surface area contributed by atoms with Gasteiger partial charge in [-0.05, 0) is 55.2 Å². The number of urea groups is 1. The molecule has 114 valence electrons. The van der Waals surface area contributed by atoms with E-state index in [4.69, 9.17) is 0 Å². The van der Waals surface area contributed by atoms with Crippen LogP contribution in [-0.2, 0) is 0 Å². The molecule has 1 N–H and O–H groups in total. The summed E-state index contributed by atoms with van der Waals surface area (Å²) in [5.41, 5.74) is 3.32. The largest absolute Gasteiger partial charge is 0.322 e. The van der Waals surface area contributed by atoms with Crippen LogP contribution in [0, 0.1) is 6.92 Å². The predicted molar refractivity (Wildman–Crippen MR) is 93.0 cm³/mol. The Kier molecular flexibility index (Phi) is 4.48. The third-order valence-electron chi connectivity index (χ3n) is 4.16. The maximum atomic E-state index is 12.6. The summed E-state index contributed by atoms with van der Waals surface area (Å²) in [6.07, 6.45) is 2.07. The van der Waals surface area contributed by atoms with Gasteiger partial charge in [-0.2, -0.15) is 0 Å². The Morgan fingerprint density at radius 1 is 1.18 bits per heavy atom. The van der Waals surface area contributed by atoms with Gasteiger partial charge in [-0.3, -0.25) is 0 Å². The van der Waals surface area contributed by atoms with Gasteiger partial charge in [0.1, 0.15) is 0 Å². The minimum atomic E-state index is -0.0203. The van der Waals surface area contributed by atoms with Crippen LogP contribution in [0.4, 0.5) is 10.5 Å². The first kappa shape index (κ1) is 15.1. The van der Waals surface area contributed by atoms with Crippen LogP contribution in [-0.4, -0.2) is 17.5 Å². The van der Waals surface area contributed by atoms with Gasteiger partial charge in [-0.1, -0.05) is 40.2 Å². The van der Waals surface area contributed by atoms with Crippen molar-refractivity contribution in [3.63, 3.8) is 0 Å². The van der Waals surface area contributed by atoms with Gasteiger partial charge in [-0.25, -0.2) is 4.79 Å². The van der Waals surface area contributed by atoms with Crippen LogP contribution >= 0.6 is 15.9 Å². The number of carbonyl (C=O) groups is 1. The van der Waals surface area contributed by atoms with Gasteiger partial charge in [0.05, 0.1) is 6.04 Å². The Morgan fingerprint density at radius 3 is 2.64 bits per heavy atom. The number of hydrogen-bond donors (Lipinski definition) is 1. The summed E-state index contributed by atoms with van der Waals surface area (Å²) in [4.78, 5) is 14.5. The van der Waals surface area contributed by atoms with Crippen molar-refractivity contribution in [2.24, 2.45) is 0 Å². The summed E-state index contributed by atoms with van der Waals surface area (Å²) >= 11 is 3.40. The second-order valence-electron chi connectivity index (χ2n) is 5.65. The number of halogens is 1. The fourth-order valence-corrected chi connectivity index (χ4v) is 3.29. The van der Waals surface area contributed by atoms with Crippen molar-refractivity contribution in [3.05, 3.63) is 64.1 Å². The monoisotopic (exact) mass is 358 g/mol. The fourth-order valence-electron chi connectivity index (χ4n) is 3.02. The molecule has 1 saturated heterocycles. The van der Waals surface area contributed by atoms with E-state index >= 15 is 0 Å². The van der Waals surface area contributed by atoms with E-state index in [0.29, 0.717) is 0 Å². The zero-order chi connectivity index (χ0) is 15.5. The highest BCUT2D eigenvalue weighted by molar-refractivity contribution is 9.10. The second kappa shape index (κ2) is 6.53. The van der Waals surface area contributed by atoms with Gasteiger partial charge in [0.15, 0.2) is 0 Å². The Labute approximate surface area is 139 Å². The zero-order valence-corrected chi connectivity index (χ0v) is 14.1. The predicted octanol–water partition coefficient (Wildman–Crippen LogP) is 5.13. The number of nitrogens with one attached hydrogen (secondary N) is 1. The SMILES string of the molecule is Cc1ccccc1[C@@H]1CCCN1C(=O)Nc1ccc(Br)cc1. The number of aryl methyl sites for hydroxylation is 1. The molecule has 0 radical (unpaired) electrons. The highest BCUT2D eigenvalue weighted by Crippen LogP contribution is 2.34. The third kappa shape index (κ3) is 3.17. The normalized spacial score (nSPS) is 17.5. The summed E-state index contributed by atoms with van der Waals surface area (Å²) in [6.45, 7) is 2.92. The number of hydrogen-bond acceptors (Lipinski definition) is 1. The first-order valence-corrected chi connectivity index (χ1v) is 8.33. The number of benzene rings is 2. The number of rotatable bonds is 2. The molecule has 3 nitrogen and oxygen atoms in total. The molecule has 0 unspecified atom stereocenters. The van der Waals surface area contributed by atoms with E-state index in [2.05, 4.69) is 40.3 Å². The molecule has 0 saturated carbocycles. The lowest BCUT2D eigenvalue weighted by molar-refractivity contribution is 0.207. The van der Waals surface area contributed by atoms with E-state index in [0.717, 1.165) is 29.5 Å². The van der Waals surface area contributed by atoms with E-state index in [1.165, 1.54) is 11.1 Å². The first-order chi connectivity index (χ1) is 10.6. The summed E-state index contributed by atoms with van der Waals surface area (Å²) in [5.74, 6) is 0. The van der Waals surface area contributed by atoms with E-state index in [9.17, 15) is 4.79 Å². The highest BCUT2D eigenvalue weighted by Gasteiger charge is 2.30. The van der Waals surface area contributed by atoms with Crippen molar-refractivity contribution in [1.29, 1.82) is 0 Å². The first-order valence-electron chi connectivity index (χ1n) is 7.54. The smallest absolute Gasteiger partial charge is 0.317 e. The van der Waals surface area contributed by atoms with E-state index in [1.54, 1.807) is 0 Å². The Balaban J connectivity index is 1.76. The van der Waals surface area contributed by atoms with Crippen molar-refractivity contribution in [1.82, 2.24) is 4.90 Å². The van der Waals surface area contributed by atoms with Crippen molar-refractivity contribution in [3.8, 4) is 0 Å². The minimum Gasteiger partial charge on any atom is -0.317 e. The maximum Gasteiger partial charge on any atom is 0.322 e. The van der Waals surface area contributed by atoms with Crippen LogP contribution in [0.1, 0.15) is 30.0 Å². The fraction of sp³-hybridized carbons (Fsp3) is 0.278. The lowest BCUT2D eigenvalue weighted by Gasteiger charge is -2.26. The lowest BCUT2D eigenvalue weighted by Crippen LogP contribution is -2.34. The molecule has 4 heteroatoms. The van der Waals surface area contributed by atoms with Gasteiger partial charge in [0.2, 0.25) is 0 Å². The Hall–Kier alpha value is -1.81. The summed E-state index contributed by atoms with van der Waals surface area (Å²) < 4.78 is 1.00. The van der Waals surface area contributed by atoms with Crippen molar-refractivity contribution < 1.29 is 4.79 Å². The second-order valence-corrected chi connectivity index (χ2v) is 6.56. The van der Waals surface area contributed by atoms with E-state index < -0.39 is 0 Å². The van der Waals surface area contributed by atoms with Gasteiger partial charge in [0.25, 0.3) is 0 Å². The topological polar surface area (TPSA) is 32.3 Å². The third-order valence-corrected chi connectivity index (χ3v) is 4.69. The lowest BCUT2D eigenvalue weighted by atomic mass is 9.99. The number of nitrogens with zero attached hydrogens (tertiary/aromatic N) is 1. The van der Waals surface area contributed by atoms with E-state index in [-0.39, 0.29) is 12.1 Å². The molecular formula is C18H19BrN2O. The maximum absolute atomic E-state index is 12.6. The Morgan fingerprint density at radius 2 is 1.91 bits per heavy atom. The molecule has 1 heterocycles. The molecular weight excluding hydrogens is 340 g/mol. The molecule has 0 spiro atoms. The number of likely N-dealkylation sites (tertiary alicyclic amines) is 1. The van der Waals surface area contributed by atoms with Crippen LogP contribution in [0.2, 0.25) is 0 Å². The van der Waals surface area contributed by atoms with Gasteiger partial charge in [0, 0.05) is 16.7 Å². The number of amides is 2. The molecule has 1 fully saturated rings.